The molecular weight excluding hydrogens is 612 g/mol. The van der Waals surface area contributed by atoms with Crippen LogP contribution in [0.5, 0.6) is 5.88 Å². The maximum absolute atomic E-state index is 14.0. The molecule has 0 unspecified atom stereocenters. The molecule has 0 saturated heterocycles. The molecule has 0 spiro atoms. The van der Waals surface area contributed by atoms with Gasteiger partial charge < -0.3 is 15.4 Å². The van der Waals surface area contributed by atoms with E-state index in [0.717, 1.165) is 12.8 Å². The summed E-state index contributed by atoms with van der Waals surface area (Å²) in [7, 11) is 0. The summed E-state index contributed by atoms with van der Waals surface area (Å²) in [4.78, 5) is 30.5. The van der Waals surface area contributed by atoms with E-state index in [1.54, 1.807) is 18.5 Å². The predicted molar refractivity (Wildman–Crippen MR) is 142 cm³/mol. The first-order chi connectivity index (χ1) is 21.4. The summed E-state index contributed by atoms with van der Waals surface area (Å²) in [5.74, 6) is -7.94. The number of amides is 2. The molecule has 2 N–H and O–H groups in total. The van der Waals surface area contributed by atoms with E-state index in [9.17, 15) is 35.9 Å². The number of alkyl halides is 6. The maximum atomic E-state index is 14.0. The molecule has 3 saturated carbocycles. The summed E-state index contributed by atoms with van der Waals surface area (Å²) in [6.45, 7) is -1.05. The van der Waals surface area contributed by atoms with Crippen LogP contribution in [0.4, 0.5) is 26.3 Å². The first-order valence-electron chi connectivity index (χ1n) is 14.8. The molecule has 3 aliphatic rings. The summed E-state index contributed by atoms with van der Waals surface area (Å²) in [6.07, 6.45) is 0.791. The third-order valence-corrected chi connectivity index (χ3v) is 8.64. The van der Waals surface area contributed by atoms with E-state index in [1.807, 2.05) is 0 Å². The maximum Gasteiger partial charge on any atom is 0.289 e. The van der Waals surface area contributed by atoms with Crippen LogP contribution in [-0.4, -0.2) is 61.6 Å². The van der Waals surface area contributed by atoms with Crippen LogP contribution >= 0.6 is 0 Å². The van der Waals surface area contributed by atoms with E-state index in [1.165, 1.54) is 4.52 Å². The van der Waals surface area contributed by atoms with Gasteiger partial charge in [-0.25, -0.2) is 40.5 Å². The predicted octanol–water partition coefficient (Wildman–Crippen LogP) is 5.06. The highest BCUT2D eigenvalue weighted by atomic mass is 19.3. The fourth-order valence-electron chi connectivity index (χ4n) is 6.15. The monoisotopic (exact) mass is 643 g/mol. The Hall–Kier alpha value is -3.92. The molecule has 3 heterocycles. The number of carbonyl (C=O) groups excluding carboxylic acids is 2. The number of aromatic nitrogens is 5. The summed E-state index contributed by atoms with van der Waals surface area (Å²) in [6, 6.07) is 0.444. The van der Waals surface area contributed by atoms with E-state index >= 15 is 0 Å². The van der Waals surface area contributed by atoms with Gasteiger partial charge >= 0.3 is 0 Å². The van der Waals surface area contributed by atoms with E-state index in [-0.39, 0.29) is 49.8 Å². The third-order valence-electron chi connectivity index (χ3n) is 8.64. The van der Waals surface area contributed by atoms with Gasteiger partial charge in [-0.2, -0.15) is 5.10 Å². The molecule has 17 heteroatoms. The van der Waals surface area contributed by atoms with Crippen molar-refractivity contribution >= 4 is 17.5 Å². The lowest BCUT2D eigenvalue weighted by Crippen LogP contribution is -2.39. The summed E-state index contributed by atoms with van der Waals surface area (Å²) < 4.78 is 90.6. The average Bonchev–Trinajstić information content (AvgIpc) is 3.53. The number of ether oxygens (including phenoxy) is 1. The first kappa shape index (κ1) is 31.1. The van der Waals surface area contributed by atoms with Crippen LogP contribution in [-0.2, 0) is 4.79 Å². The average molecular weight is 644 g/mol. The number of rotatable bonds is 12. The highest BCUT2D eigenvalue weighted by Gasteiger charge is 2.46. The molecule has 3 aromatic heterocycles. The largest absolute Gasteiger partial charge is 0.468 e. The van der Waals surface area contributed by atoms with E-state index in [0.29, 0.717) is 16.9 Å². The van der Waals surface area contributed by atoms with Gasteiger partial charge in [-0.1, -0.05) is 0 Å². The second kappa shape index (κ2) is 12.1. The molecule has 45 heavy (non-hydrogen) atoms. The zero-order chi connectivity index (χ0) is 31.9. The van der Waals surface area contributed by atoms with Gasteiger partial charge in [0.05, 0.1) is 30.2 Å². The Bertz CT molecular complexity index is 1530. The van der Waals surface area contributed by atoms with Crippen molar-refractivity contribution in [2.45, 2.75) is 88.1 Å². The van der Waals surface area contributed by atoms with Crippen molar-refractivity contribution in [2.75, 3.05) is 6.61 Å². The molecule has 3 fully saturated rings. The molecule has 0 aromatic carbocycles. The minimum absolute atomic E-state index is 0.0136. The lowest BCUT2D eigenvalue weighted by Gasteiger charge is -2.34. The molecule has 2 amide bonds. The van der Waals surface area contributed by atoms with Crippen molar-refractivity contribution in [3.05, 3.63) is 35.4 Å². The molecule has 3 aliphatic carbocycles. The van der Waals surface area contributed by atoms with Gasteiger partial charge in [-0.15, -0.1) is 0 Å². The van der Waals surface area contributed by atoms with E-state index < -0.39 is 73.2 Å². The standard InChI is InChI=1S/C28H31F6N7O4/c29-19(30)13-44-26-24(39-45-40-26)25(43)38-23(16-3-5-27(31,32)6-4-16)18-12-41-20(36-18)8-17(11-35-41)22(15-1-2-15)37-21(42)7-14-9-28(33,34)10-14/h8,11-12,14-16,19,22-23H,1-7,9-10,13H2,(H,37,42)(H,38,43)/t22-,23+/m1/s1. The summed E-state index contributed by atoms with van der Waals surface area (Å²) in [5, 5.41) is 16.9. The van der Waals surface area contributed by atoms with Crippen molar-refractivity contribution < 1.29 is 45.3 Å². The second-order valence-corrected chi connectivity index (χ2v) is 12.2. The fraction of sp³-hybridized carbons (Fsp3) is 0.643. The number of hydrogen-bond donors (Lipinski definition) is 2. The van der Waals surface area contributed by atoms with Crippen LogP contribution in [0.1, 0.15) is 91.6 Å². The van der Waals surface area contributed by atoms with Crippen LogP contribution in [0.25, 0.3) is 5.65 Å². The fourth-order valence-corrected chi connectivity index (χ4v) is 6.15. The number of nitrogens with zero attached hydrogens (tertiary/aromatic N) is 5. The molecule has 6 rings (SSSR count). The third kappa shape index (κ3) is 7.32. The summed E-state index contributed by atoms with van der Waals surface area (Å²) >= 11 is 0. The van der Waals surface area contributed by atoms with E-state index in [2.05, 4.69) is 35.7 Å². The molecule has 0 aliphatic heterocycles. The Balaban J connectivity index is 1.22. The second-order valence-electron chi connectivity index (χ2n) is 12.2. The lowest BCUT2D eigenvalue weighted by atomic mass is 9.79. The van der Waals surface area contributed by atoms with Crippen LogP contribution in [0.3, 0.4) is 0 Å². The quantitative estimate of drug-likeness (QED) is 0.262. The molecule has 11 nitrogen and oxygen atoms in total. The van der Waals surface area contributed by atoms with Crippen molar-refractivity contribution in [2.24, 2.45) is 17.8 Å². The minimum atomic E-state index is -2.84. The van der Waals surface area contributed by atoms with Gasteiger partial charge in [0.1, 0.15) is 0 Å². The molecular formula is C28H31F6N7O4. The first-order valence-corrected chi connectivity index (χ1v) is 14.8. The molecule has 2 atom stereocenters. The molecule has 0 bridgehead atoms. The van der Waals surface area contributed by atoms with Gasteiger partial charge in [0.25, 0.3) is 18.2 Å². The SMILES string of the molecule is O=C(CC1CC(F)(F)C1)N[C@@H](c1cnn2cc([C@@H](NC(=O)c3nonc3OCC(F)F)C3CCC(F)(F)CC3)nc2c1)C1CC1. The highest BCUT2D eigenvalue weighted by Crippen LogP contribution is 2.45. The molecule has 244 valence electrons. The zero-order valence-electron chi connectivity index (χ0n) is 23.9. The Labute approximate surface area is 252 Å². The van der Waals surface area contributed by atoms with Crippen LogP contribution in [0.2, 0.25) is 0 Å². The molecule has 0 radical (unpaired) electrons. The van der Waals surface area contributed by atoms with Crippen LogP contribution in [0, 0.1) is 17.8 Å². The number of halogens is 6. The van der Waals surface area contributed by atoms with Crippen molar-refractivity contribution in [3.8, 4) is 5.88 Å². The number of imidazole rings is 1. The Kier molecular flexibility index (Phi) is 8.37. The number of nitrogens with one attached hydrogen (secondary N) is 2. The topological polar surface area (TPSA) is 137 Å². The van der Waals surface area contributed by atoms with Gasteiger partial charge in [-0.05, 0) is 65.4 Å². The van der Waals surface area contributed by atoms with Gasteiger partial charge in [0.15, 0.2) is 12.3 Å². The lowest BCUT2D eigenvalue weighted by molar-refractivity contribution is -0.134. The van der Waals surface area contributed by atoms with Crippen LogP contribution < -0.4 is 15.4 Å². The van der Waals surface area contributed by atoms with Crippen molar-refractivity contribution in [3.63, 3.8) is 0 Å². The number of carbonyl (C=O) groups is 2. The Morgan fingerprint density at radius 3 is 2.38 bits per heavy atom. The minimum Gasteiger partial charge on any atom is -0.468 e. The Morgan fingerprint density at radius 2 is 1.71 bits per heavy atom. The zero-order valence-corrected chi connectivity index (χ0v) is 23.9. The smallest absolute Gasteiger partial charge is 0.289 e. The molecule has 3 aromatic rings. The van der Waals surface area contributed by atoms with Gasteiger partial charge in [-0.3, -0.25) is 9.59 Å². The number of fused-ring (bicyclic) bond motifs is 1. The summed E-state index contributed by atoms with van der Waals surface area (Å²) in [5.41, 5.74) is 0.861. The van der Waals surface area contributed by atoms with Crippen molar-refractivity contribution in [1.82, 2.24) is 35.5 Å². The van der Waals surface area contributed by atoms with Crippen molar-refractivity contribution in [1.29, 1.82) is 0 Å². The number of hydrogen-bond acceptors (Lipinski definition) is 8. The van der Waals surface area contributed by atoms with Crippen LogP contribution in [0.15, 0.2) is 23.1 Å². The van der Waals surface area contributed by atoms with Gasteiger partial charge in [0.2, 0.25) is 23.4 Å². The Morgan fingerprint density at radius 1 is 1.00 bits per heavy atom. The normalized spacial score (nSPS) is 21.3. The van der Waals surface area contributed by atoms with E-state index in [4.69, 9.17) is 4.74 Å². The van der Waals surface area contributed by atoms with Gasteiger partial charge in [0, 0.05) is 32.1 Å². The highest BCUT2D eigenvalue weighted by molar-refractivity contribution is 5.94.